The van der Waals surface area contributed by atoms with Gasteiger partial charge in [-0.25, -0.2) is 13.2 Å². The second-order valence-corrected chi connectivity index (χ2v) is 10.4. The SMILES string of the molecule is CC(C)C(C(=O)Nc1cnn(C(C)(C)C(=O)O)c1)S(=O)(=O)C1CCCCC1. The van der Waals surface area contributed by atoms with Gasteiger partial charge in [-0.05, 0) is 32.6 Å². The molecule has 1 aliphatic carbocycles. The van der Waals surface area contributed by atoms with Gasteiger partial charge in [-0.3, -0.25) is 9.48 Å². The van der Waals surface area contributed by atoms with E-state index in [2.05, 4.69) is 10.4 Å². The van der Waals surface area contributed by atoms with E-state index in [9.17, 15) is 23.1 Å². The molecule has 152 valence electrons. The number of sulfone groups is 1. The maximum atomic E-state index is 13.1. The molecule has 0 aromatic carbocycles. The summed E-state index contributed by atoms with van der Waals surface area (Å²) in [6, 6.07) is 0. The summed E-state index contributed by atoms with van der Waals surface area (Å²) < 4.78 is 27.3. The summed E-state index contributed by atoms with van der Waals surface area (Å²) >= 11 is 0. The van der Waals surface area contributed by atoms with Gasteiger partial charge in [-0.2, -0.15) is 5.10 Å². The number of hydrogen-bond donors (Lipinski definition) is 2. The molecule has 27 heavy (non-hydrogen) atoms. The monoisotopic (exact) mass is 399 g/mol. The highest BCUT2D eigenvalue weighted by atomic mass is 32.2. The van der Waals surface area contributed by atoms with Crippen molar-refractivity contribution in [2.45, 2.75) is 75.8 Å². The van der Waals surface area contributed by atoms with E-state index in [0.717, 1.165) is 19.3 Å². The summed E-state index contributed by atoms with van der Waals surface area (Å²) in [5, 5.41) is 14.2. The van der Waals surface area contributed by atoms with E-state index in [1.165, 1.54) is 30.9 Å². The second-order valence-electron chi connectivity index (χ2n) is 8.04. The van der Waals surface area contributed by atoms with Crippen LogP contribution in [0.1, 0.15) is 59.8 Å². The molecule has 1 saturated carbocycles. The fraction of sp³-hybridized carbons (Fsp3) is 0.722. The summed E-state index contributed by atoms with van der Waals surface area (Å²) in [7, 11) is -3.61. The number of amides is 1. The van der Waals surface area contributed by atoms with Gasteiger partial charge in [0.1, 0.15) is 5.25 Å². The van der Waals surface area contributed by atoms with E-state index in [1.54, 1.807) is 13.8 Å². The number of carbonyl (C=O) groups is 2. The van der Waals surface area contributed by atoms with Crippen LogP contribution in [0.5, 0.6) is 0 Å². The Morgan fingerprint density at radius 2 is 1.85 bits per heavy atom. The van der Waals surface area contributed by atoms with Crippen molar-refractivity contribution in [3.63, 3.8) is 0 Å². The molecule has 2 rings (SSSR count). The predicted octanol–water partition coefficient (Wildman–Crippen LogP) is 2.41. The highest BCUT2D eigenvalue weighted by molar-refractivity contribution is 7.93. The second kappa shape index (κ2) is 8.00. The number of rotatable bonds is 7. The zero-order valence-electron chi connectivity index (χ0n) is 16.3. The van der Waals surface area contributed by atoms with Crippen LogP contribution in [0.15, 0.2) is 12.4 Å². The number of nitrogens with zero attached hydrogens (tertiary/aromatic N) is 2. The number of carboxylic acids is 1. The molecule has 0 saturated heterocycles. The minimum Gasteiger partial charge on any atom is -0.479 e. The first kappa shape index (κ1) is 21.4. The Kier molecular flexibility index (Phi) is 6.34. The van der Waals surface area contributed by atoms with Crippen molar-refractivity contribution < 1.29 is 23.1 Å². The van der Waals surface area contributed by atoms with Gasteiger partial charge in [-0.1, -0.05) is 33.1 Å². The van der Waals surface area contributed by atoms with E-state index in [1.807, 2.05) is 0 Å². The van der Waals surface area contributed by atoms with Crippen LogP contribution in [0.25, 0.3) is 0 Å². The first-order chi connectivity index (χ1) is 12.5. The third-order valence-electron chi connectivity index (χ3n) is 5.18. The van der Waals surface area contributed by atoms with Crippen molar-refractivity contribution in [1.82, 2.24) is 9.78 Å². The average Bonchev–Trinajstić information content (AvgIpc) is 3.04. The molecule has 1 aliphatic rings. The van der Waals surface area contributed by atoms with Crippen molar-refractivity contribution in [2.24, 2.45) is 5.92 Å². The summed E-state index contributed by atoms with van der Waals surface area (Å²) in [5.41, 5.74) is -1.01. The Bertz CT molecular complexity index is 792. The molecule has 1 heterocycles. The molecule has 0 aliphatic heterocycles. The minimum absolute atomic E-state index is 0.277. The van der Waals surface area contributed by atoms with Gasteiger partial charge in [-0.15, -0.1) is 0 Å². The lowest BCUT2D eigenvalue weighted by Crippen LogP contribution is -2.44. The Morgan fingerprint density at radius 3 is 2.37 bits per heavy atom. The number of carbonyl (C=O) groups excluding carboxylic acids is 1. The number of aromatic nitrogens is 2. The van der Waals surface area contributed by atoms with Gasteiger partial charge < -0.3 is 10.4 Å². The van der Waals surface area contributed by atoms with Crippen LogP contribution in [-0.2, 0) is 25.0 Å². The van der Waals surface area contributed by atoms with Crippen LogP contribution in [0.4, 0.5) is 5.69 Å². The van der Waals surface area contributed by atoms with E-state index >= 15 is 0 Å². The van der Waals surface area contributed by atoms with E-state index in [-0.39, 0.29) is 11.6 Å². The molecular formula is C18H29N3O5S. The van der Waals surface area contributed by atoms with E-state index in [4.69, 9.17) is 0 Å². The van der Waals surface area contributed by atoms with Gasteiger partial charge >= 0.3 is 5.97 Å². The first-order valence-corrected chi connectivity index (χ1v) is 10.9. The highest BCUT2D eigenvalue weighted by Crippen LogP contribution is 2.29. The van der Waals surface area contributed by atoms with Gasteiger partial charge in [0.2, 0.25) is 5.91 Å². The maximum absolute atomic E-state index is 13.1. The molecule has 8 nitrogen and oxygen atoms in total. The molecule has 1 amide bonds. The van der Waals surface area contributed by atoms with E-state index in [0.29, 0.717) is 12.8 Å². The molecule has 1 atom stereocenters. The van der Waals surface area contributed by atoms with Gasteiger partial charge in [0.05, 0.1) is 17.1 Å². The Balaban J connectivity index is 2.21. The van der Waals surface area contributed by atoms with Gasteiger partial charge in [0.15, 0.2) is 15.4 Å². The summed E-state index contributed by atoms with van der Waals surface area (Å²) in [6.07, 6.45) is 6.70. The molecule has 1 fully saturated rings. The molecule has 1 aromatic rings. The zero-order chi connectivity index (χ0) is 20.4. The Labute approximate surface area is 160 Å². The lowest BCUT2D eigenvalue weighted by atomic mass is 10.0. The van der Waals surface area contributed by atoms with Crippen molar-refractivity contribution in [3.05, 3.63) is 12.4 Å². The van der Waals surface area contributed by atoms with Crippen LogP contribution in [0.3, 0.4) is 0 Å². The smallest absolute Gasteiger partial charge is 0.331 e. The quantitative estimate of drug-likeness (QED) is 0.727. The molecule has 0 spiro atoms. The van der Waals surface area contributed by atoms with Crippen molar-refractivity contribution >= 4 is 27.4 Å². The fourth-order valence-electron chi connectivity index (χ4n) is 3.44. The third-order valence-corrected chi connectivity index (χ3v) is 8.05. The van der Waals surface area contributed by atoms with Crippen molar-refractivity contribution in [2.75, 3.05) is 5.32 Å². The number of aliphatic carboxylic acids is 1. The van der Waals surface area contributed by atoms with Gasteiger partial charge in [0.25, 0.3) is 0 Å². The van der Waals surface area contributed by atoms with Crippen LogP contribution in [0, 0.1) is 5.92 Å². The molecule has 0 radical (unpaired) electrons. The van der Waals surface area contributed by atoms with Crippen LogP contribution < -0.4 is 5.32 Å². The van der Waals surface area contributed by atoms with Crippen LogP contribution in [0.2, 0.25) is 0 Å². The third kappa shape index (κ3) is 4.51. The van der Waals surface area contributed by atoms with Gasteiger partial charge in [0, 0.05) is 6.20 Å². The fourth-order valence-corrected chi connectivity index (χ4v) is 5.96. The normalized spacial score (nSPS) is 17.7. The number of anilines is 1. The first-order valence-electron chi connectivity index (χ1n) is 9.30. The van der Waals surface area contributed by atoms with Crippen molar-refractivity contribution in [3.8, 4) is 0 Å². The zero-order valence-corrected chi connectivity index (χ0v) is 17.1. The number of hydrogen-bond acceptors (Lipinski definition) is 5. The number of nitrogens with one attached hydrogen (secondary N) is 1. The molecule has 0 bridgehead atoms. The van der Waals surface area contributed by atoms with Crippen LogP contribution in [-0.4, -0.2) is 45.7 Å². The molecule has 1 aromatic heterocycles. The molecule has 2 N–H and O–H groups in total. The largest absolute Gasteiger partial charge is 0.479 e. The standard InChI is InChI=1S/C18H29N3O5S/c1-12(2)15(27(25,26)14-8-6-5-7-9-14)16(22)20-13-10-19-21(11-13)18(3,4)17(23)24/h10-12,14-15H,5-9H2,1-4H3,(H,20,22)(H,23,24). The molecule has 9 heteroatoms. The number of carboxylic acid groups (broad SMARTS) is 1. The average molecular weight is 400 g/mol. The lowest BCUT2D eigenvalue weighted by molar-refractivity contribution is -0.146. The summed E-state index contributed by atoms with van der Waals surface area (Å²) in [5.74, 6) is -2.03. The Hall–Kier alpha value is -1.90. The summed E-state index contributed by atoms with van der Waals surface area (Å²) in [6.45, 7) is 6.42. The van der Waals surface area contributed by atoms with Crippen molar-refractivity contribution in [1.29, 1.82) is 0 Å². The Morgan fingerprint density at radius 1 is 1.26 bits per heavy atom. The summed E-state index contributed by atoms with van der Waals surface area (Å²) in [4.78, 5) is 24.1. The predicted molar refractivity (Wildman–Crippen MR) is 102 cm³/mol. The molecule has 1 unspecified atom stereocenters. The maximum Gasteiger partial charge on any atom is 0.331 e. The van der Waals surface area contributed by atoms with E-state index < -0.39 is 37.8 Å². The van der Waals surface area contributed by atoms with Crippen LogP contribution >= 0.6 is 0 Å². The topological polar surface area (TPSA) is 118 Å². The minimum atomic E-state index is -3.61. The molecular weight excluding hydrogens is 370 g/mol. The highest BCUT2D eigenvalue weighted by Gasteiger charge is 2.41. The lowest BCUT2D eigenvalue weighted by Gasteiger charge is -2.28.